The van der Waals surface area contributed by atoms with Gasteiger partial charge in [-0.1, -0.05) is 15.9 Å². The molecule has 2 aromatic rings. The van der Waals surface area contributed by atoms with Crippen molar-refractivity contribution in [2.75, 3.05) is 32.5 Å². The third-order valence-electron chi connectivity index (χ3n) is 3.02. The van der Waals surface area contributed by atoms with Crippen LogP contribution in [0.25, 0.3) is 0 Å². The van der Waals surface area contributed by atoms with E-state index in [0.29, 0.717) is 17.5 Å². The zero-order valence-corrected chi connectivity index (χ0v) is 14.8. The normalized spacial score (nSPS) is 10.6. The number of ether oxygens (including phenoxy) is 1. The topological polar surface area (TPSA) is 74.3 Å². The maximum atomic E-state index is 9.13. The molecule has 0 saturated carbocycles. The molecule has 0 amide bonds. The average molecular weight is 379 g/mol. The van der Waals surface area contributed by atoms with Gasteiger partial charge in [-0.15, -0.1) is 0 Å². The first-order valence-electron chi connectivity index (χ1n) is 7.25. The minimum absolute atomic E-state index is 0.176. The van der Waals surface area contributed by atoms with Crippen LogP contribution >= 0.6 is 15.9 Å². The lowest BCUT2D eigenvalue weighted by molar-refractivity contribution is 0.264. The van der Waals surface area contributed by atoms with Gasteiger partial charge in [0.25, 0.3) is 0 Å². The highest BCUT2D eigenvalue weighted by atomic mass is 79.9. The Bertz CT molecular complexity index is 662. The Kier molecular flexibility index (Phi) is 6.44. The van der Waals surface area contributed by atoms with Crippen molar-refractivity contribution in [1.29, 1.82) is 5.26 Å². The van der Waals surface area contributed by atoms with Crippen LogP contribution in [-0.4, -0.2) is 37.1 Å². The van der Waals surface area contributed by atoms with Gasteiger partial charge in [-0.05, 0) is 51.3 Å². The van der Waals surface area contributed by atoms with Crippen molar-refractivity contribution in [3.05, 3.63) is 40.3 Å². The molecule has 0 spiro atoms. The molecule has 0 aliphatic carbocycles. The van der Waals surface area contributed by atoms with Crippen LogP contribution in [-0.2, 0) is 6.61 Å². The molecular weight excluding hydrogens is 360 g/mol. The summed E-state index contributed by atoms with van der Waals surface area (Å²) in [6, 6.07) is 9.51. The fourth-order valence-corrected chi connectivity index (χ4v) is 2.16. The Balaban J connectivity index is 1.90. The van der Waals surface area contributed by atoms with Gasteiger partial charge in [-0.2, -0.15) is 10.2 Å². The maximum Gasteiger partial charge on any atom is 0.236 e. The molecular formula is C16H19BrN4O2. The molecule has 0 unspecified atom stereocenters. The first-order valence-corrected chi connectivity index (χ1v) is 8.04. The molecule has 6 nitrogen and oxygen atoms in total. The minimum atomic E-state index is 0.176. The summed E-state index contributed by atoms with van der Waals surface area (Å²) in [6.45, 7) is 1.85. The first-order chi connectivity index (χ1) is 11.1. The van der Waals surface area contributed by atoms with Gasteiger partial charge in [0.05, 0.1) is 0 Å². The second-order valence-electron chi connectivity index (χ2n) is 5.22. The Labute approximate surface area is 144 Å². The van der Waals surface area contributed by atoms with Crippen LogP contribution in [0.15, 0.2) is 33.2 Å². The second kappa shape index (κ2) is 8.56. The van der Waals surface area contributed by atoms with Gasteiger partial charge < -0.3 is 19.4 Å². The van der Waals surface area contributed by atoms with E-state index in [9.17, 15) is 0 Å². The molecule has 1 aromatic carbocycles. The third kappa shape index (κ3) is 5.58. The van der Waals surface area contributed by atoms with E-state index in [-0.39, 0.29) is 12.3 Å². The molecule has 0 saturated heterocycles. The number of benzene rings is 1. The molecule has 7 heteroatoms. The smallest absolute Gasteiger partial charge is 0.236 e. The van der Waals surface area contributed by atoms with Gasteiger partial charge >= 0.3 is 0 Å². The zero-order valence-electron chi connectivity index (χ0n) is 13.2. The van der Waals surface area contributed by atoms with E-state index < -0.39 is 0 Å². The van der Waals surface area contributed by atoms with E-state index in [4.69, 9.17) is 14.4 Å². The summed E-state index contributed by atoms with van der Waals surface area (Å²) in [5.41, 5.74) is 0.254. The summed E-state index contributed by atoms with van der Waals surface area (Å²) in [7, 11) is 4.04. The molecule has 122 valence electrons. The van der Waals surface area contributed by atoms with Gasteiger partial charge in [-0.3, -0.25) is 0 Å². The first kappa shape index (κ1) is 17.3. The van der Waals surface area contributed by atoms with Crippen LogP contribution in [0.3, 0.4) is 0 Å². The van der Waals surface area contributed by atoms with Crippen molar-refractivity contribution in [2.45, 2.75) is 13.0 Å². The lowest BCUT2D eigenvalue weighted by Crippen LogP contribution is -2.16. The molecule has 23 heavy (non-hydrogen) atoms. The summed E-state index contributed by atoms with van der Waals surface area (Å²) in [4.78, 5) is 6.24. The van der Waals surface area contributed by atoms with Gasteiger partial charge in [-0.25, -0.2) is 0 Å². The summed E-state index contributed by atoms with van der Waals surface area (Å²) in [5, 5.41) is 12.2. The van der Waals surface area contributed by atoms with E-state index in [1.54, 1.807) is 0 Å². The van der Waals surface area contributed by atoms with Crippen molar-refractivity contribution in [2.24, 2.45) is 0 Å². The highest BCUT2D eigenvalue weighted by Crippen LogP contribution is 2.20. The highest BCUT2D eigenvalue weighted by molar-refractivity contribution is 9.10. The van der Waals surface area contributed by atoms with Crippen LogP contribution in [0.1, 0.15) is 18.0 Å². The number of hydrogen-bond acceptors (Lipinski definition) is 6. The van der Waals surface area contributed by atoms with E-state index in [2.05, 4.69) is 31.1 Å². The Morgan fingerprint density at radius 1 is 1.35 bits per heavy atom. The molecule has 0 fully saturated rings. The minimum Gasteiger partial charge on any atom is -0.484 e. The highest BCUT2D eigenvalue weighted by Gasteiger charge is 2.13. The van der Waals surface area contributed by atoms with Gasteiger partial charge in [0.1, 0.15) is 11.8 Å². The molecule has 1 heterocycles. The summed E-state index contributed by atoms with van der Waals surface area (Å²) in [5.74, 6) is 1.49. The monoisotopic (exact) mass is 378 g/mol. The van der Waals surface area contributed by atoms with Crippen LogP contribution in [0.2, 0.25) is 0 Å². The van der Waals surface area contributed by atoms with Gasteiger partial charge in [0, 0.05) is 11.0 Å². The Morgan fingerprint density at radius 2 is 2.09 bits per heavy atom. The molecule has 1 aromatic heterocycles. The Morgan fingerprint density at radius 3 is 2.74 bits per heavy atom. The SMILES string of the molecule is CN(C)CCCNc1oc(COc2ccc(Br)cc2)nc1C#N. The quantitative estimate of drug-likeness (QED) is 0.710. The molecule has 1 N–H and O–H groups in total. The average Bonchev–Trinajstić information content (AvgIpc) is 2.93. The van der Waals surface area contributed by atoms with Crippen molar-refractivity contribution in [3.8, 4) is 11.8 Å². The van der Waals surface area contributed by atoms with Crippen molar-refractivity contribution < 1.29 is 9.15 Å². The van der Waals surface area contributed by atoms with Gasteiger partial charge in [0.15, 0.2) is 6.61 Å². The standard InChI is InChI=1S/C16H19BrN4O2/c1-21(2)9-3-8-19-16-14(10-18)20-15(23-16)11-22-13-6-4-12(17)5-7-13/h4-7,19H,3,8-9,11H2,1-2H3. The van der Waals surface area contributed by atoms with E-state index in [1.807, 2.05) is 44.4 Å². The zero-order chi connectivity index (χ0) is 16.7. The summed E-state index contributed by atoms with van der Waals surface area (Å²) >= 11 is 3.37. The molecule has 0 bridgehead atoms. The number of anilines is 1. The second-order valence-corrected chi connectivity index (χ2v) is 6.14. The number of halogens is 1. The van der Waals surface area contributed by atoms with E-state index in [0.717, 1.165) is 24.0 Å². The Hall–Kier alpha value is -2.04. The van der Waals surface area contributed by atoms with Crippen molar-refractivity contribution in [1.82, 2.24) is 9.88 Å². The number of hydrogen-bond donors (Lipinski definition) is 1. The van der Waals surface area contributed by atoms with Crippen LogP contribution in [0.5, 0.6) is 5.75 Å². The number of rotatable bonds is 8. The van der Waals surface area contributed by atoms with E-state index in [1.165, 1.54) is 0 Å². The third-order valence-corrected chi connectivity index (χ3v) is 3.55. The number of aromatic nitrogens is 1. The number of nitrogens with zero attached hydrogens (tertiary/aromatic N) is 3. The van der Waals surface area contributed by atoms with Crippen LogP contribution in [0.4, 0.5) is 5.88 Å². The molecule has 0 atom stereocenters. The number of oxazole rings is 1. The lowest BCUT2D eigenvalue weighted by Gasteiger charge is -2.09. The lowest BCUT2D eigenvalue weighted by atomic mass is 10.3. The van der Waals surface area contributed by atoms with Gasteiger partial charge in [0.2, 0.25) is 17.5 Å². The summed E-state index contributed by atoms with van der Waals surface area (Å²) in [6.07, 6.45) is 0.948. The predicted octanol–water partition coefficient (Wildman–Crippen LogP) is 3.25. The predicted molar refractivity (Wildman–Crippen MR) is 91.4 cm³/mol. The number of nitriles is 1. The van der Waals surface area contributed by atoms with Crippen LogP contribution in [0, 0.1) is 11.3 Å². The maximum absolute atomic E-state index is 9.13. The fourth-order valence-electron chi connectivity index (χ4n) is 1.89. The fraction of sp³-hybridized carbons (Fsp3) is 0.375. The summed E-state index contributed by atoms with van der Waals surface area (Å²) < 4.78 is 12.1. The van der Waals surface area contributed by atoms with Crippen molar-refractivity contribution in [3.63, 3.8) is 0 Å². The van der Waals surface area contributed by atoms with Crippen molar-refractivity contribution >= 4 is 21.8 Å². The van der Waals surface area contributed by atoms with E-state index >= 15 is 0 Å². The molecule has 0 aliphatic rings. The van der Waals surface area contributed by atoms with Crippen LogP contribution < -0.4 is 10.1 Å². The largest absolute Gasteiger partial charge is 0.484 e. The molecule has 0 aliphatic heterocycles. The number of nitrogens with one attached hydrogen (secondary N) is 1. The molecule has 0 radical (unpaired) electrons. The molecule has 2 rings (SSSR count).